The number of methoxy groups -OCH3 is 1. The predicted molar refractivity (Wildman–Crippen MR) is 130 cm³/mol. The number of aryl methyl sites for hydroxylation is 1. The zero-order valence-corrected chi connectivity index (χ0v) is 20.8. The van der Waals surface area contributed by atoms with Gasteiger partial charge < -0.3 is 9.64 Å². The number of nitrogens with zero attached hydrogens (tertiary/aromatic N) is 2. The molecule has 0 N–H and O–H groups in total. The number of hydrogen-bond donors (Lipinski definition) is 0. The minimum absolute atomic E-state index is 0.259. The lowest BCUT2D eigenvalue weighted by Gasteiger charge is -2.31. The van der Waals surface area contributed by atoms with E-state index in [1.54, 1.807) is 29.5 Å². The minimum Gasteiger partial charge on any atom is -0.495 e. The molecule has 0 bridgehead atoms. The van der Waals surface area contributed by atoms with Crippen molar-refractivity contribution in [2.45, 2.75) is 36.3 Å². The second-order valence-corrected chi connectivity index (χ2v) is 11.5. The molecular weight excluding hydrogens is 496 g/mol. The summed E-state index contributed by atoms with van der Waals surface area (Å²) in [7, 11) is -1.98. The number of ether oxygens (including phenoxy) is 1. The maximum atomic E-state index is 13.3. The maximum Gasteiger partial charge on any atom is 0.185 e. The van der Waals surface area contributed by atoms with Gasteiger partial charge in [-0.15, -0.1) is 11.3 Å². The van der Waals surface area contributed by atoms with Crippen LogP contribution in [0.4, 0.5) is 5.13 Å². The first-order valence-corrected chi connectivity index (χ1v) is 13.5. The summed E-state index contributed by atoms with van der Waals surface area (Å²) in [6.07, 6.45) is 2.16. The number of halogens is 1. The van der Waals surface area contributed by atoms with Crippen molar-refractivity contribution in [3.8, 4) is 17.0 Å². The molecule has 2 heterocycles. The molecule has 8 heteroatoms. The summed E-state index contributed by atoms with van der Waals surface area (Å²) in [6.45, 7) is 3.48. The Morgan fingerprint density at radius 1 is 1.16 bits per heavy atom. The van der Waals surface area contributed by atoms with Gasteiger partial charge >= 0.3 is 0 Å². The highest BCUT2D eigenvalue weighted by Crippen LogP contribution is 2.35. The normalized spacial score (nSPS) is 15.3. The molecule has 1 saturated heterocycles. The fourth-order valence-corrected chi connectivity index (χ4v) is 7.18. The zero-order valence-electron chi connectivity index (χ0n) is 17.5. The summed E-state index contributed by atoms with van der Waals surface area (Å²) in [5, 5.41) is 2.60. The number of thiazole rings is 1. The van der Waals surface area contributed by atoms with E-state index in [1.807, 2.05) is 0 Å². The van der Waals surface area contributed by atoms with Crippen molar-refractivity contribution in [2.24, 2.45) is 0 Å². The average Bonchev–Trinajstić information content (AvgIpc) is 3.29. The predicted octanol–water partition coefficient (Wildman–Crippen LogP) is 5.59. The summed E-state index contributed by atoms with van der Waals surface area (Å²) in [5.74, 6) is 0.393. The lowest BCUT2D eigenvalue weighted by molar-refractivity contribution is 0.401. The highest BCUT2D eigenvalue weighted by Gasteiger charge is 2.34. The van der Waals surface area contributed by atoms with E-state index in [2.05, 4.69) is 57.4 Å². The summed E-state index contributed by atoms with van der Waals surface area (Å²) in [6, 6.07) is 13.6. The van der Waals surface area contributed by atoms with Gasteiger partial charge in [-0.2, -0.15) is 0 Å². The van der Waals surface area contributed by atoms with Crippen LogP contribution in [0.1, 0.15) is 25.3 Å². The Hall–Kier alpha value is -1.90. The van der Waals surface area contributed by atoms with Crippen molar-refractivity contribution in [1.29, 1.82) is 0 Å². The first-order valence-electron chi connectivity index (χ1n) is 10.3. The van der Waals surface area contributed by atoms with E-state index in [0.29, 0.717) is 31.7 Å². The quantitative estimate of drug-likeness (QED) is 0.424. The van der Waals surface area contributed by atoms with Crippen molar-refractivity contribution >= 4 is 42.2 Å². The van der Waals surface area contributed by atoms with E-state index in [1.165, 1.54) is 12.7 Å². The van der Waals surface area contributed by atoms with Crippen molar-refractivity contribution in [2.75, 3.05) is 25.1 Å². The third-order valence-corrected chi connectivity index (χ3v) is 9.41. The topological polar surface area (TPSA) is 59.5 Å². The van der Waals surface area contributed by atoms with Crippen LogP contribution < -0.4 is 9.64 Å². The van der Waals surface area contributed by atoms with Gasteiger partial charge in [0.2, 0.25) is 0 Å². The maximum absolute atomic E-state index is 13.3. The summed E-state index contributed by atoms with van der Waals surface area (Å²) in [5.41, 5.74) is 3.39. The number of aromatic nitrogens is 1. The second kappa shape index (κ2) is 9.30. The molecule has 1 aliphatic rings. The van der Waals surface area contributed by atoms with Crippen molar-refractivity contribution < 1.29 is 13.2 Å². The Bertz CT molecular complexity index is 1150. The van der Waals surface area contributed by atoms with Crippen LogP contribution in [0.3, 0.4) is 0 Å². The molecule has 4 rings (SSSR count). The lowest BCUT2D eigenvalue weighted by atomic mass is 10.1. The van der Waals surface area contributed by atoms with Crippen molar-refractivity contribution in [1.82, 2.24) is 4.98 Å². The van der Waals surface area contributed by atoms with E-state index in [-0.39, 0.29) is 4.90 Å². The van der Waals surface area contributed by atoms with Crippen LogP contribution in [0.25, 0.3) is 11.3 Å². The van der Waals surface area contributed by atoms with Gasteiger partial charge in [0.05, 0.1) is 18.1 Å². The van der Waals surface area contributed by atoms with Gasteiger partial charge in [0.1, 0.15) is 10.6 Å². The Morgan fingerprint density at radius 3 is 2.52 bits per heavy atom. The fourth-order valence-electron chi connectivity index (χ4n) is 3.86. The third-order valence-electron chi connectivity index (χ3n) is 5.73. The number of anilines is 1. The molecule has 0 aliphatic carbocycles. The number of hydrogen-bond acceptors (Lipinski definition) is 6. The van der Waals surface area contributed by atoms with E-state index in [0.717, 1.165) is 27.3 Å². The van der Waals surface area contributed by atoms with Crippen LogP contribution in [-0.2, 0) is 16.3 Å². The van der Waals surface area contributed by atoms with Crippen LogP contribution >= 0.6 is 27.3 Å². The Balaban J connectivity index is 1.46. The Labute approximate surface area is 196 Å². The summed E-state index contributed by atoms with van der Waals surface area (Å²) < 4.78 is 32.6. The zero-order chi connectivity index (χ0) is 22.0. The van der Waals surface area contributed by atoms with Gasteiger partial charge in [-0.25, -0.2) is 13.4 Å². The van der Waals surface area contributed by atoms with Gasteiger partial charge in [-0.1, -0.05) is 47.1 Å². The number of rotatable bonds is 6. The molecule has 0 amide bonds. The van der Waals surface area contributed by atoms with Crippen molar-refractivity contribution in [3.63, 3.8) is 0 Å². The summed E-state index contributed by atoms with van der Waals surface area (Å²) in [4.78, 5) is 7.27. The van der Waals surface area contributed by atoms with E-state index < -0.39 is 15.1 Å². The molecule has 31 heavy (non-hydrogen) atoms. The molecule has 5 nitrogen and oxygen atoms in total. The van der Waals surface area contributed by atoms with Crippen LogP contribution in [-0.4, -0.2) is 38.9 Å². The molecule has 1 fully saturated rings. The van der Waals surface area contributed by atoms with E-state index in [9.17, 15) is 8.42 Å². The van der Waals surface area contributed by atoms with E-state index in [4.69, 9.17) is 9.72 Å². The largest absolute Gasteiger partial charge is 0.495 e. The number of benzene rings is 2. The molecule has 0 spiro atoms. The minimum atomic E-state index is -3.48. The summed E-state index contributed by atoms with van der Waals surface area (Å²) >= 11 is 4.99. The molecule has 0 saturated carbocycles. The smallest absolute Gasteiger partial charge is 0.185 e. The SMILES string of the molecule is CCc1ccc(-c2csc(N3CCC(S(=O)(=O)c4cc(Br)ccc4OC)CC3)n2)cc1. The van der Waals surface area contributed by atoms with Crippen LogP contribution in [0.2, 0.25) is 0 Å². The average molecular weight is 522 g/mol. The molecule has 1 aliphatic heterocycles. The monoisotopic (exact) mass is 520 g/mol. The molecule has 0 radical (unpaired) electrons. The highest BCUT2D eigenvalue weighted by molar-refractivity contribution is 9.10. The first-order chi connectivity index (χ1) is 14.9. The van der Waals surface area contributed by atoms with Crippen LogP contribution in [0.5, 0.6) is 5.75 Å². The van der Waals surface area contributed by atoms with Crippen LogP contribution in [0.15, 0.2) is 57.2 Å². The Kier molecular flexibility index (Phi) is 6.69. The fraction of sp³-hybridized carbons (Fsp3) is 0.348. The van der Waals surface area contributed by atoms with Gasteiger partial charge in [-0.05, 0) is 43.0 Å². The first kappa shape index (κ1) is 22.3. The molecular formula is C23H25BrN2O3S2. The van der Waals surface area contributed by atoms with Gasteiger partial charge in [0.15, 0.2) is 15.0 Å². The van der Waals surface area contributed by atoms with Gasteiger partial charge in [0.25, 0.3) is 0 Å². The number of sulfone groups is 1. The molecule has 0 atom stereocenters. The lowest BCUT2D eigenvalue weighted by Crippen LogP contribution is -2.39. The molecule has 1 aromatic heterocycles. The van der Waals surface area contributed by atoms with Gasteiger partial charge in [-0.3, -0.25) is 0 Å². The molecule has 3 aromatic rings. The standard InChI is InChI=1S/C23H25BrN2O3S2/c1-3-16-4-6-17(7-5-16)20-15-30-23(25-20)26-12-10-19(11-13-26)31(27,28)22-14-18(24)8-9-21(22)29-2/h4-9,14-15,19H,3,10-13H2,1-2H3. The highest BCUT2D eigenvalue weighted by atomic mass is 79.9. The molecule has 0 unspecified atom stereocenters. The van der Waals surface area contributed by atoms with Crippen molar-refractivity contribution in [3.05, 3.63) is 57.9 Å². The molecule has 2 aromatic carbocycles. The number of piperidine rings is 1. The Morgan fingerprint density at radius 2 is 1.87 bits per heavy atom. The molecule has 164 valence electrons. The van der Waals surface area contributed by atoms with Gasteiger partial charge in [0, 0.05) is 28.5 Å². The third kappa shape index (κ3) is 4.66. The van der Waals surface area contributed by atoms with Crippen LogP contribution in [0, 0.1) is 0 Å². The second-order valence-electron chi connectivity index (χ2n) is 7.59. The van der Waals surface area contributed by atoms with E-state index >= 15 is 0 Å².